The molecule has 0 spiro atoms. The van der Waals surface area contributed by atoms with E-state index in [-0.39, 0.29) is 5.38 Å². The van der Waals surface area contributed by atoms with Crippen molar-refractivity contribution in [3.8, 4) is 0 Å². The van der Waals surface area contributed by atoms with Gasteiger partial charge in [0.2, 0.25) is 0 Å². The van der Waals surface area contributed by atoms with E-state index in [9.17, 15) is 0 Å². The molecule has 1 atom stereocenters. The van der Waals surface area contributed by atoms with Crippen LogP contribution in [-0.2, 0) is 0 Å². The average Bonchev–Trinajstić information content (AvgIpc) is 2.86. The van der Waals surface area contributed by atoms with E-state index in [1.165, 1.54) is 37.6 Å². The summed E-state index contributed by atoms with van der Waals surface area (Å²) in [6.07, 6.45) is 6.44. The Kier molecular flexibility index (Phi) is 4.60. The van der Waals surface area contributed by atoms with Gasteiger partial charge in [-0.15, -0.1) is 11.6 Å². The zero-order valence-electron chi connectivity index (χ0n) is 12.6. The number of benzene rings is 1. The molecule has 0 aliphatic heterocycles. The van der Waals surface area contributed by atoms with E-state index >= 15 is 0 Å². The lowest BCUT2D eigenvalue weighted by atomic mass is 9.84. The molecule has 2 aromatic rings. The average molecular weight is 370 g/mol. The second-order valence-electron chi connectivity index (χ2n) is 6.17. The van der Waals surface area contributed by atoms with Crippen LogP contribution in [0.2, 0.25) is 0 Å². The summed E-state index contributed by atoms with van der Waals surface area (Å²) in [5, 5.41) is -0.0555. The van der Waals surface area contributed by atoms with Crippen molar-refractivity contribution in [2.45, 2.75) is 57.4 Å². The summed E-state index contributed by atoms with van der Waals surface area (Å²) in [6, 6.07) is 6.85. The second kappa shape index (κ2) is 6.29. The van der Waals surface area contributed by atoms with Gasteiger partial charge in [0.15, 0.2) is 0 Å². The molecule has 0 amide bonds. The van der Waals surface area contributed by atoms with E-state index in [0.29, 0.717) is 6.04 Å². The number of nitrogens with zero attached hydrogens (tertiary/aromatic N) is 2. The third-order valence-electron chi connectivity index (χ3n) is 4.79. The van der Waals surface area contributed by atoms with Crippen molar-refractivity contribution < 1.29 is 0 Å². The first kappa shape index (κ1) is 15.4. The third-order valence-corrected chi connectivity index (χ3v) is 5.48. The van der Waals surface area contributed by atoms with E-state index in [0.717, 1.165) is 21.7 Å². The van der Waals surface area contributed by atoms with Crippen LogP contribution in [0.25, 0.3) is 11.0 Å². The smallest absolute Gasteiger partial charge is 0.127 e. The van der Waals surface area contributed by atoms with Gasteiger partial charge >= 0.3 is 0 Å². The van der Waals surface area contributed by atoms with Gasteiger partial charge in [0.1, 0.15) is 5.82 Å². The molecular weight excluding hydrogens is 348 g/mol. The Labute approximate surface area is 140 Å². The van der Waals surface area contributed by atoms with Gasteiger partial charge in [0.05, 0.1) is 16.4 Å². The van der Waals surface area contributed by atoms with Crippen molar-refractivity contribution in [3.05, 3.63) is 28.5 Å². The first-order valence-electron chi connectivity index (χ1n) is 7.91. The highest BCUT2D eigenvalue weighted by Crippen LogP contribution is 2.38. The predicted molar refractivity (Wildman–Crippen MR) is 93.0 cm³/mol. The maximum absolute atomic E-state index is 6.40. The molecule has 0 saturated heterocycles. The molecule has 2 nitrogen and oxygen atoms in total. The topological polar surface area (TPSA) is 17.8 Å². The molecule has 1 saturated carbocycles. The number of rotatable bonds is 3. The van der Waals surface area contributed by atoms with Crippen molar-refractivity contribution in [2.24, 2.45) is 5.92 Å². The van der Waals surface area contributed by atoms with Gasteiger partial charge in [-0.05, 0) is 56.7 Å². The van der Waals surface area contributed by atoms with Crippen LogP contribution in [0.1, 0.15) is 63.2 Å². The Morgan fingerprint density at radius 3 is 2.67 bits per heavy atom. The molecule has 0 bridgehead atoms. The number of imidazole rings is 1. The largest absolute Gasteiger partial charge is 0.324 e. The molecule has 0 radical (unpaired) electrons. The van der Waals surface area contributed by atoms with E-state index in [2.05, 4.69) is 45.6 Å². The van der Waals surface area contributed by atoms with E-state index in [1.54, 1.807) is 0 Å². The van der Waals surface area contributed by atoms with Gasteiger partial charge in [0.25, 0.3) is 0 Å². The fraction of sp³-hybridized carbons (Fsp3) is 0.588. The fourth-order valence-electron chi connectivity index (χ4n) is 3.56. The van der Waals surface area contributed by atoms with Crippen LogP contribution in [0.3, 0.4) is 0 Å². The second-order valence-corrected chi connectivity index (χ2v) is 7.74. The van der Waals surface area contributed by atoms with Crippen LogP contribution in [0.15, 0.2) is 22.7 Å². The zero-order valence-corrected chi connectivity index (χ0v) is 15.0. The van der Waals surface area contributed by atoms with Gasteiger partial charge in [-0.25, -0.2) is 4.98 Å². The lowest BCUT2D eigenvalue weighted by Gasteiger charge is -2.30. The molecule has 4 heteroatoms. The predicted octanol–water partition coefficient (Wildman–Crippen LogP) is 6.24. The van der Waals surface area contributed by atoms with Gasteiger partial charge in [-0.1, -0.05) is 29.3 Å². The van der Waals surface area contributed by atoms with Crippen molar-refractivity contribution in [1.82, 2.24) is 9.55 Å². The van der Waals surface area contributed by atoms with Crippen LogP contribution in [-0.4, -0.2) is 9.55 Å². The molecule has 114 valence electrons. The van der Waals surface area contributed by atoms with Crippen molar-refractivity contribution in [2.75, 3.05) is 0 Å². The van der Waals surface area contributed by atoms with Crippen LogP contribution < -0.4 is 0 Å². The molecule has 1 aliphatic carbocycles. The van der Waals surface area contributed by atoms with Crippen LogP contribution in [0.5, 0.6) is 0 Å². The van der Waals surface area contributed by atoms with Gasteiger partial charge in [0, 0.05) is 10.5 Å². The maximum Gasteiger partial charge on any atom is 0.127 e. The summed E-state index contributed by atoms with van der Waals surface area (Å²) in [7, 11) is 0. The Morgan fingerprint density at radius 2 is 2.05 bits per heavy atom. The Balaban J connectivity index is 2.03. The third kappa shape index (κ3) is 3.00. The highest BCUT2D eigenvalue weighted by molar-refractivity contribution is 9.10. The highest BCUT2D eigenvalue weighted by atomic mass is 79.9. The van der Waals surface area contributed by atoms with Crippen LogP contribution >= 0.6 is 27.5 Å². The molecule has 1 unspecified atom stereocenters. The summed E-state index contributed by atoms with van der Waals surface area (Å²) in [4.78, 5) is 4.78. The highest BCUT2D eigenvalue weighted by Gasteiger charge is 2.26. The van der Waals surface area contributed by atoms with Crippen molar-refractivity contribution in [3.63, 3.8) is 0 Å². The Bertz CT molecular complexity index is 627. The molecule has 3 rings (SSSR count). The summed E-state index contributed by atoms with van der Waals surface area (Å²) in [6.45, 7) is 4.33. The number of hydrogen-bond acceptors (Lipinski definition) is 1. The minimum absolute atomic E-state index is 0.0555. The molecular formula is C17H22BrClN2. The lowest BCUT2D eigenvalue weighted by molar-refractivity contribution is 0.269. The number of fused-ring (bicyclic) bond motifs is 1. The number of hydrogen-bond donors (Lipinski definition) is 0. The summed E-state index contributed by atoms with van der Waals surface area (Å²) in [5.41, 5.74) is 2.27. The Hall–Kier alpha value is -0.540. The zero-order chi connectivity index (χ0) is 15.0. The number of aromatic nitrogens is 2. The first-order valence-corrected chi connectivity index (χ1v) is 9.14. The minimum Gasteiger partial charge on any atom is -0.324 e. The molecule has 1 aliphatic rings. The normalized spacial score (nSPS) is 24.4. The maximum atomic E-state index is 6.40. The standard InChI is InChI=1S/C17H22BrClN2/c1-3-12-4-7-14(8-5-12)21-16-10-13(18)6-9-15(16)20-17(21)11(2)19/h6,9-12,14H,3-5,7-8H2,1-2H3. The van der Waals surface area contributed by atoms with Crippen LogP contribution in [0.4, 0.5) is 0 Å². The molecule has 21 heavy (non-hydrogen) atoms. The SMILES string of the molecule is CCC1CCC(n2c(C(C)Cl)nc3ccc(Br)cc32)CC1. The molecule has 0 N–H and O–H groups in total. The van der Waals surface area contributed by atoms with E-state index in [4.69, 9.17) is 16.6 Å². The molecule has 1 heterocycles. The van der Waals surface area contributed by atoms with Gasteiger partial charge < -0.3 is 4.57 Å². The van der Waals surface area contributed by atoms with Gasteiger partial charge in [-0.2, -0.15) is 0 Å². The summed E-state index contributed by atoms with van der Waals surface area (Å²) in [5.74, 6) is 1.92. The van der Waals surface area contributed by atoms with Crippen molar-refractivity contribution >= 4 is 38.6 Å². The molecule has 1 aromatic heterocycles. The van der Waals surface area contributed by atoms with Crippen LogP contribution in [0, 0.1) is 5.92 Å². The monoisotopic (exact) mass is 368 g/mol. The first-order chi connectivity index (χ1) is 10.1. The number of halogens is 2. The molecule has 1 fully saturated rings. The number of alkyl halides is 1. The fourth-order valence-corrected chi connectivity index (χ4v) is 4.06. The lowest BCUT2D eigenvalue weighted by Crippen LogP contribution is -2.19. The van der Waals surface area contributed by atoms with E-state index in [1.807, 2.05) is 6.92 Å². The quantitative estimate of drug-likeness (QED) is 0.585. The Morgan fingerprint density at radius 1 is 1.33 bits per heavy atom. The summed E-state index contributed by atoms with van der Waals surface area (Å²) < 4.78 is 3.51. The van der Waals surface area contributed by atoms with E-state index < -0.39 is 0 Å². The summed E-state index contributed by atoms with van der Waals surface area (Å²) >= 11 is 9.98. The minimum atomic E-state index is -0.0555. The van der Waals surface area contributed by atoms with Crippen molar-refractivity contribution in [1.29, 1.82) is 0 Å². The van der Waals surface area contributed by atoms with Gasteiger partial charge in [-0.3, -0.25) is 0 Å². The molecule has 1 aromatic carbocycles.